The molecule has 38 heavy (non-hydrogen) atoms. The van der Waals surface area contributed by atoms with Crippen molar-refractivity contribution in [3.8, 4) is 0 Å². The minimum Gasteiger partial charge on any atom is -0.356 e. The number of rotatable bonds is 9. The predicted molar refractivity (Wildman–Crippen MR) is 154 cm³/mol. The Balaban J connectivity index is 1.08. The van der Waals surface area contributed by atoms with Crippen molar-refractivity contribution >= 4 is 38.9 Å². The van der Waals surface area contributed by atoms with Gasteiger partial charge in [0.05, 0.1) is 4.92 Å². The third-order valence-corrected chi connectivity index (χ3v) is 7.10. The van der Waals surface area contributed by atoms with Crippen LogP contribution < -0.4 is 5.32 Å². The Labute approximate surface area is 220 Å². The number of aromatic nitrogens is 2. The van der Waals surface area contributed by atoms with Gasteiger partial charge in [0.15, 0.2) is 0 Å². The van der Waals surface area contributed by atoms with Crippen molar-refractivity contribution in [3.05, 3.63) is 137 Å². The average Bonchev–Trinajstić information content (AvgIpc) is 3.55. The number of nitrogens with one attached hydrogen (secondary N) is 1. The Kier molecular flexibility index (Phi) is 6.36. The SMILES string of the molecule is O=[N+]([O-])c1ccc2c(ccn2CCc2ccc(Nc3ccc4c(ccn4CCc4ccccc4)c3)cc2)c1. The first kappa shape index (κ1) is 23.6. The number of nitro benzene ring substituents is 1. The monoisotopic (exact) mass is 500 g/mol. The first-order chi connectivity index (χ1) is 18.6. The Morgan fingerprint density at radius 1 is 0.632 bits per heavy atom. The third kappa shape index (κ3) is 5.02. The smallest absolute Gasteiger partial charge is 0.270 e. The zero-order valence-corrected chi connectivity index (χ0v) is 21.0. The van der Waals surface area contributed by atoms with Crippen LogP contribution in [0.4, 0.5) is 17.1 Å². The Hall–Kier alpha value is -4.84. The lowest BCUT2D eigenvalue weighted by atomic mass is 10.1. The summed E-state index contributed by atoms with van der Waals surface area (Å²) in [4.78, 5) is 10.7. The Morgan fingerprint density at radius 3 is 1.87 bits per heavy atom. The largest absolute Gasteiger partial charge is 0.356 e. The highest BCUT2D eigenvalue weighted by molar-refractivity contribution is 5.85. The lowest BCUT2D eigenvalue weighted by Crippen LogP contribution is -2.00. The van der Waals surface area contributed by atoms with Gasteiger partial charge in [-0.05, 0) is 72.5 Å². The highest BCUT2D eigenvalue weighted by atomic mass is 16.6. The lowest BCUT2D eigenvalue weighted by molar-refractivity contribution is -0.384. The molecule has 0 unspecified atom stereocenters. The molecule has 188 valence electrons. The van der Waals surface area contributed by atoms with Crippen molar-refractivity contribution in [1.29, 1.82) is 0 Å². The maximum atomic E-state index is 11.0. The summed E-state index contributed by atoms with van der Waals surface area (Å²) in [5, 5.41) is 16.7. The van der Waals surface area contributed by atoms with Crippen LogP contribution in [0.15, 0.2) is 116 Å². The molecule has 6 aromatic rings. The molecule has 0 saturated carbocycles. The van der Waals surface area contributed by atoms with E-state index >= 15 is 0 Å². The molecule has 6 heteroatoms. The van der Waals surface area contributed by atoms with Gasteiger partial charge in [0.25, 0.3) is 5.69 Å². The van der Waals surface area contributed by atoms with Gasteiger partial charge in [0, 0.05) is 70.8 Å². The number of nitro groups is 1. The van der Waals surface area contributed by atoms with E-state index in [0.29, 0.717) is 0 Å². The minimum absolute atomic E-state index is 0.123. The second-order valence-corrected chi connectivity index (χ2v) is 9.60. The van der Waals surface area contributed by atoms with Crippen LogP contribution in [0.5, 0.6) is 0 Å². The van der Waals surface area contributed by atoms with E-state index in [-0.39, 0.29) is 10.6 Å². The van der Waals surface area contributed by atoms with Crippen molar-refractivity contribution in [3.63, 3.8) is 0 Å². The molecule has 0 amide bonds. The molecule has 0 aliphatic rings. The van der Waals surface area contributed by atoms with E-state index in [1.54, 1.807) is 12.1 Å². The van der Waals surface area contributed by atoms with Crippen molar-refractivity contribution < 1.29 is 4.92 Å². The summed E-state index contributed by atoms with van der Waals surface area (Å²) in [5.74, 6) is 0. The first-order valence-electron chi connectivity index (χ1n) is 12.8. The van der Waals surface area contributed by atoms with Gasteiger partial charge in [-0.1, -0.05) is 42.5 Å². The van der Waals surface area contributed by atoms with E-state index in [2.05, 4.69) is 99.5 Å². The van der Waals surface area contributed by atoms with Gasteiger partial charge in [-0.25, -0.2) is 0 Å². The molecule has 6 rings (SSSR count). The molecule has 0 aliphatic heterocycles. The summed E-state index contributed by atoms with van der Waals surface area (Å²) < 4.78 is 4.46. The first-order valence-corrected chi connectivity index (χ1v) is 12.8. The summed E-state index contributed by atoms with van der Waals surface area (Å²) in [6, 6.07) is 34.8. The number of non-ortho nitro benzene ring substituents is 1. The van der Waals surface area contributed by atoms with E-state index in [0.717, 1.165) is 48.2 Å². The molecule has 0 radical (unpaired) electrons. The van der Waals surface area contributed by atoms with Crippen LogP contribution in [0.3, 0.4) is 0 Å². The molecule has 2 heterocycles. The van der Waals surface area contributed by atoms with E-state index in [1.165, 1.54) is 22.0 Å². The van der Waals surface area contributed by atoms with Crippen LogP contribution in [0.25, 0.3) is 21.8 Å². The Morgan fingerprint density at radius 2 is 1.21 bits per heavy atom. The normalized spacial score (nSPS) is 11.3. The van der Waals surface area contributed by atoms with Gasteiger partial charge < -0.3 is 14.5 Å². The summed E-state index contributed by atoms with van der Waals surface area (Å²) in [5.41, 5.74) is 7.09. The molecule has 0 aliphatic carbocycles. The fourth-order valence-corrected chi connectivity index (χ4v) is 5.03. The highest BCUT2D eigenvalue weighted by Crippen LogP contribution is 2.25. The summed E-state index contributed by atoms with van der Waals surface area (Å²) in [6.45, 7) is 1.77. The molecular weight excluding hydrogens is 472 g/mol. The number of anilines is 2. The number of benzene rings is 4. The van der Waals surface area contributed by atoms with Crippen LogP contribution in [0.1, 0.15) is 11.1 Å². The highest BCUT2D eigenvalue weighted by Gasteiger charge is 2.09. The van der Waals surface area contributed by atoms with E-state index in [9.17, 15) is 10.1 Å². The lowest BCUT2D eigenvalue weighted by Gasteiger charge is -2.10. The molecule has 0 atom stereocenters. The van der Waals surface area contributed by atoms with Gasteiger partial charge in [-0.2, -0.15) is 0 Å². The topological polar surface area (TPSA) is 65.0 Å². The zero-order chi connectivity index (χ0) is 25.9. The number of nitrogens with zero attached hydrogens (tertiary/aromatic N) is 3. The van der Waals surface area contributed by atoms with Gasteiger partial charge in [0.1, 0.15) is 0 Å². The summed E-state index contributed by atoms with van der Waals surface area (Å²) in [7, 11) is 0. The number of fused-ring (bicyclic) bond motifs is 2. The van der Waals surface area contributed by atoms with Crippen LogP contribution in [0.2, 0.25) is 0 Å². The molecule has 2 aromatic heterocycles. The van der Waals surface area contributed by atoms with E-state index < -0.39 is 0 Å². The van der Waals surface area contributed by atoms with Crippen molar-refractivity contribution in [2.45, 2.75) is 25.9 Å². The fraction of sp³-hybridized carbons (Fsp3) is 0.125. The molecule has 0 saturated heterocycles. The van der Waals surface area contributed by atoms with Crippen LogP contribution in [-0.2, 0) is 25.9 Å². The molecule has 0 bridgehead atoms. The maximum Gasteiger partial charge on any atom is 0.270 e. The second-order valence-electron chi connectivity index (χ2n) is 9.60. The molecule has 4 aromatic carbocycles. The Bertz CT molecular complexity index is 1720. The number of aryl methyl sites for hydroxylation is 4. The van der Waals surface area contributed by atoms with Crippen LogP contribution in [0, 0.1) is 10.1 Å². The quantitative estimate of drug-likeness (QED) is 0.163. The third-order valence-electron chi connectivity index (χ3n) is 7.10. The van der Waals surface area contributed by atoms with Crippen LogP contribution in [-0.4, -0.2) is 14.1 Å². The van der Waals surface area contributed by atoms with Gasteiger partial charge in [0.2, 0.25) is 0 Å². The number of hydrogen-bond donors (Lipinski definition) is 1. The fourth-order valence-electron chi connectivity index (χ4n) is 5.03. The maximum absolute atomic E-state index is 11.0. The van der Waals surface area contributed by atoms with Gasteiger partial charge >= 0.3 is 0 Å². The second kappa shape index (κ2) is 10.3. The zero-order valence-electron chi connectivity index (χ0n) is 21.0. The van der Waals surface area contributed by atoms with Crippen molar-refractivity contribution in [2.75, 3.05) is 5.32 Å². The molecule has 6 nitrogen and oxygen atoms in total. The molecule has 0 spiro atoms. The van der Waals surface area contributed by atoms with Crippen LogP contribution >= 0.6 is 0 Å². The summed E-state index contributed by atoms with van der Waals surface area (Å²) in [6.07, 6.45) is 6.06. The minimum atomic E-state index is -0.353. The standard InChI is InChI=1S/C32H28N4O2/c37-36(38)30-11-13-32-27(23-30)17-21-35(32)19-15-25-6-8-28(9-7-25)33-29-10-12-31-26(22-29)16-20-34(31)18-14-24-4-2-1-3-5-24/h1-13,16-17,20-23,33H,14-15,18-19H2. The van der Waals surface area contributed by atoms with Crippen molar-refractivity contribution in [1.82, 2.24) is 9.13 Å². The predicted octanol–water partition coefficient (Wildman–Crippen LogP) is 7.73. The average molecular weight is 501 g/mol. The molecular formula is C32H28N4O2. The van der Waals surface area contributed by atoms with Crippen molar-refractivity contribution in [2.24, 2.45) is 0 Å². The van der Waals surface area contributed by atoms with E-state index in [1.807, 2.05) is 18.3 Å². The summed E-state index contributed by atoms with van der Waals surface area (Å²) >= 11 is 0. The molecule has 0 fully saturated rings. The van der Waals surface area contributed by atoms with E-state index in [4.69, 9.17) is 0 Å². The molecule has 1 N–H and O–H groups in total. The van der Waals surface area contributed by atoms with Gasteiger partial charge in [-0.15, -0.1) is 0 Å². The van der Waals surface area contributed by atoms with Gasteiger partial charge in [-0.3, -0.25) is 10.1 Å². The number of hydrogen-bond acceptors (Lipinski definition) is 3.